The number of nitrogens with one attached hydrogen (secondary N) is 1. The van der Waals surface area contributed by atoms with E-state index in [0.29, 0.717) is 12.2 Å². The fraction of sp³-hybridized carbons (Fsp3) is 0.467. The molecule has 0 saturated carbocycles. The summed E-state index contributed by atoms with van der Waals surface area (Å²) in [5.41, 5.74) is 1.57. The Morgan fingerprint density at radius 2 is 2.15 bits per heavy atom. The summed E-state index contributed by atoms with van der Waals surface area (Å²) in [4.78, 5) is 23.0. The fourth-order valence-electron chi connectivity index (χ4n) is 2.22. The second-order valence-corrected chi connectivity index (χ2v) is 5.34. The van der Waals surface area contributed by atoms with Crippen molar-refractivity contribution in [2.24, 2.45) is 5.92 Å². The highest BCUT2D eigenvalue weighted by Gasteiger charge is 2.21. The third-order valence-electron chi connectivity index (χ3n) is 3.47. The van der Waals surface area contributed by atoms with Gasteiger partial charge in [0, 0.05) is 18.0 Å². The van der Waals surface area contributed by atoms with Crippen molar-refractivity contribution in [1.82, 2.24) is 5.32 Å². The maximum absolute atomic E-state index is 12.2. The van der Waals surface area contributed by atoms with E-state index >= 15 is 0 Å². The molecule has 108 valence electrons. The number of amides is 1. The topological polar surface area (TPSA) is 75.6 Å². The maximum Gasteiger partial charge on any atom is 0.305 e. The molecule has 0 aliphatic carbocycles. The lowest BCUT2D eigenvalue weighted by Gasteiger charge is -2.20. The Morgan fingerprint density at radius 3 is 2.80 bits per heavy atom. The van der Waals surface area contributed by atoms with E-state index in [1.807, 2.05) is 19.9 Å². The summed E-state index contributed by atoms with van der Waals surface area (Å²) in [6.45, 7) is 4.43. The summed E-state index contributed by atoms with van der Waals surface area (Å²) in [5.74, 6) is -0.258. The molecule has 5 heteroatoms. The molecule has 2 rings (SSSR count). The first-order valence-electron chi connectivity index (χ1n) is 6.75. The standard InChI is InChI=1S/C15H19NO4/c1-9(2)12(8-14(17)18)16-15(19)11-3-4-13-10(7-11)5-6-20-13/h3-4,7,9,12H,5-6,8H2,1-2H3,(H,16,19)(H,17,18). The van der Waals surface area contributed by atoms with Crippen LogP contribution in [-0.2, 0) is 11.2 Å². The van der Waals surface area contributed by atoms with Gasteiger partial charge in [-0.1, -0.05) is 13.8 Å². The molecule has 1 atom stereocenters. The van der Waals surface area contributed by atoms with Crippen LogP contribution in [0.4, 0.5) is 0 Å². The molecule has 0 spiro atoms. The average molecular weight is 277 g/mol. The Morgan fingerprint density at radius 1 is 1.40 bits per heavy atom. The first kappa shape index (κ1) is 14.4. The fourth-order valence-corrected chi connectivity index (χ4v) is 2.22. The van der Waals surface area contributed by atoms with Crippen LogP contribution in [0, 0.1) is 5.92 Å². The van der Waals surface area contributed by atoms with E-state index in [9.17, 15) is 9.59 Å². The zero-order chi connectivity index (χ0) is 14.7. The molecule has 0 fully saturated rings. The second-order valence-electron chi connectivity index (χ2n) is 5.34. The lowest BCUT2D eigenvalue weighted by molar-refractivity contribution is -0.137. The van der Waals surface area contributed by atoms with E-state index in [-0.39, 0.29) is 24.3 Å². The second kappa shape index (κ2) is 5.94. The number of carbonyl (C=O) groups is 2. The van der Waals surface area contributed by atoms with Crippen LogP contribution in [0.5, 0.6) is 5.75 Å². The van der Waals surface area contributed by atoms with Crippen molar-refractivity contribution in [2.45, 2.75) is 32.7 Å². The SMILES string of the molecule is CC(C)C(CC(=O)O)NC(=O)c1ccc2c(c1)CCO2. The number of carboxylic acids is 1. The van der Waals surface area contributed by atoms with Gasteiger partial charge in [0.1, 0.15) is 5.75 Å². The number of hydrogen-bond donors (Lipinski definition) is 2. The Balaban J connectivity index is 2.08. The van der Waals surface area contributed by atoms with Crippen LogP contribution in [0.1, 0.15) is 36.2 Å². The molecule has 1 heterocycles. The number of aliphatic carboxylic acids is 1. The molecule has 0 bridgehead atoms. The van der Waals surface area contributed by atoms with Crippen LogP contribution in [0.15, 0.2) is 18.2 Å². The number of ether oxygens (including phenoxy) is 1. The molecule has 0 saturated heterocycles. The predicted octanol–water partition coefficient (Wildman–Crippen LogP) is 1.85. The normalized spacial score (nSPS) is 14.6. The lowest BCUT2D eigenvalue weighted by Crippen LogP contribution is -2.40. The van der Waals surface area contributed by atoms with Gasteiger partial charge in [-0.05, 0) is 29.7 Å². The summed E-state index contributed by atoms with van der Waals surface area (Å²) in [6, 6.07) is 4.94. The molecule has 1 aliphatic heterocycles. The van der Waals surface area contributed by atoms with E-state index in [0.717, 1.165) is 17.7 Å². The molecule has 5 nitrogen and oxygen atoms in total. The van der Waals surface area contributed by atoms with Crippen molar-refractivity contribution in [3.63, 3.8) is 0 Å². The van der Waals surface area contributed by atoms with Crippen LogP contribution >= 0.6 is 0 Å². The van der Waals surface area contributed by atoms with E-state index < -0.39 is 5.97 Å². The summed E-state index contributed by atoms with van der Waals surface area (Å²) in [7, 11) is 0. The highest BCUT2D eigenvalue weighted by Crippen LogP contribution is 2.25. The molecule has 1 aromatic rings. The summed E-state index contributed by atoms with van der Waals surface area (Å²) >= 11 is 0. The van der Waals surface area contributed by atoms with Crippen LogP contribution in [0.2, 0.25) is 0 Å². The highest BCUT2D eigenvalue weighted by molar-refractivity contribution is 5.95. The van der Waals surface area contributed by atoms with Gasteiger partial charge in [-0.25, -0.2) is 0 Å². The molecule has 1 unspecified atom stereocenters. The van der Waals surface area contributed by atoms with Crippen LogP contribution < -0.4 is 10.1 Å². The number of carbonyl (C=O) groups excluding carboxylic acids is 1. The van der Waals surface area contributed by atoms with E-state index in [1.54, 1.807) is 12.1 Å². The quantitative estimate of drug-likeness (QED) is 0.861. The minimum absolute atomic E-state index is 0.0628. The zero-order valence-corrected chi connectivity index (χ0v) is 11.7. The predicted molar refractivity (Wildman–Crippen MR) is 74.0 cm³/mol. The van der Waals surface area contributed by atoms with Crippen LogP contribution in [-0.4, -0.2) is 29.6 Å². The van der Waals surface area contributed by atoms with Crippen LogP contribution in [0.25, 0.3) is 0 Å². The van der Waals surface area contributed by atoms with Crippen molar-refractivity contribution in [2.75, 3.05) is 6.61 Å². The number of rotatable bonds is 5. The molecule has 0 aromatic heterocycles. The molecule has 20 heavy (non-hydrogen) atoms. The highest BCUT2D eigenvalue weighted by atomic mass is 16.5. The molecular formula is C15H19NO4. The van der Waals surface area contributed by atoms with Crippen molar-refractivity contribution >= 4 is 11.9 Å². The summed E-state index contributed by atoms with van der Waals surface area (Å²) in [5, 5.41) is 11.7. The molecular weight excluding hydrogens is 258 g/mol. The maximum atomic E-state index is 12.2. The number of carboxylic acid groups (broad SMARTS) is 1. The molecule has 1 aromatic carbocycles. The zero-order valence-electron chi connectivity index (χ0n) is 11.7. The van der Waals surface area contributed by atoms with Crippen molar-refractivity contribution in [3.05, 3.63) is 29.3 Å². The molecule has 2 N–H and O–H groups in total. The largest absolute Gasteiger partial charge is 0.493 e. The van der Waals surface area contributed by atoms with Gasteiger partial charge in [0.25, 0.3) is 5.91 Å². The third-order valence-corrected chi connectivity index (χ3v) is 3.47. The van der Waals surface area contributed by atoms with Crippen molar-refractivity contribution in [1.29, 1.82) is 0 Å². The minimum Gasteiger partial charge on any atom is -0.493 e. The van der Waals surface area contributed by atoms with Crippen molar-refractivity contribution < 1.29 is 19.4 Å². The van der Waals surface area contributed by atoms with Crippen LogP contribution in [0.3, 0.4) is 0 Å². The van der Waals surface area contributed by atoms with Gasteiger partial charge in [-0.15, -0.1) is 0 Å². The van der Waals surface area contributed by atoms with Gasteiger partial charge >= 0.3 is 5.97 Å². The lowest BCUT2D eigenvalue weighted by atomic mass is 10.00. The van der Waals surface area contributed by atoms with Gasteiger partial charge in [0.05, 0.1) is 13.0 Å². The molecule has 0 radical (unpaired) electrons. The van der Waals surface area contributed by atoms with E-state index in [4.69, 9.17) is 9.84 Å². The Hall–Kier alpha value is -2.04. The average Bonchev–Trinajstić information content (AvgIpc) is 2.84. The van der Waals surface area contributed by atoms with Crippen molar-refractivity contribution in [3.8, 4) is 5.75 Å². The first-order chi connectivity index (χ1) is 9.47. The summed E-state index contributed by atoms with van der Waals surface area (Å²) < 4.78 is 5.40. The monoisotopic (exact) mass is 277 g/mol. The summed E-state index contributed by atoms with van der Waals surface area (Å²) in [6.07, 6.45) is 0.733. The Bertz CT molecular complexity index is 525. The number of benzene rings is 1. The molecule has 1 amide bonds. The van der Waals surface area contributed by atoms with E-state index in [2.05, 4.69) is 5.32 Å². The van der Waals surface area contributed by atoms with Gasteiger partial charge in [0.15, 0.2) is 0 Å². The van der Waals surface area contributed by atoms with Gasteiger partial charge in [-0.2, -0.15) is 0 Å². The Labute approximate surface area is 117 Å². The number of fused-ring (bicyclic) bond motifs is 1. The third kappa shape index (κ3) is 3.29. The van der Waals surface area contributed by atoms with Gasteiger partial charge in [-0.3, -0.25) is 9.59 Å². The minimum atomic E-state index is -0.911. The molecule has 1 aliphatic rings. The number of hydrogen-bond acceptors (Lipinski definition) is 3. The van der Waals surface area contributed by atoms with Gasteiger partial charge in [0.2, 0.25) is 0 Å². The first-order valence-corrected chi connectivity index (χ1v) is 6.75. The Kier molecular flexibility index (Phi) is 4.27. The van der Waals surface area contributed by atoms with Gasteiger partial charge < -0.3 is 15.2 Å². The van der Waals surface area contributed by atoms with E-state index in [1.165, 1.54) is 0 Å². The smallest absolute Gasteiger partial charge is 0.305 e.